The minimum absolute atomic E-state index is 0.0923. The molecule has 0 N–H and O–H groups in total. The summed E-state index contributed by atoms with van der Waals surface area (Å²) >= 11 is 1.38. The molecule has 3 rings (SSSR count). The molecule has 0 amide bonds. The minimum Gasteiger partial charge on any atom is -0.376 e. The number of rotatable bonds is 8. The van der Waals surface area contributed by atoms with E-state index in [0.717, 1.165) is 37.9 Å². The number of carbonyl (C=O) groups excluding carboxylic acids is 1. The molecule has 1 aromatic heterocycles. The highest BCUT2D eigenvalue weighted by Crippen LogP contribution is 2.19. The first-order valence-electron chi connectivity index (χ1n) is 8.39. The van der Waals surface area contributed by atoms with Crippen molar-refractivity contribution in [2.24, 2.45) is 0 Å². The van der Waals surface area contributed by atoms with Gasteiger partial charge in [0.25, 0.3) is 0 Å². The highest BCUT2D eigenvalue weighted by molar-refractivity contribution is 7.99. The standard InChI is InChI=1S/C17H22N4O2S/c1-2-4-13-6-8-14(9-7-13)16(22)12-24-17-18-19-20-21(17)11-15-5-3-10-23-15/h6-9,15H,2-5,10-12H2,1H3. The number of ketones is 1. The van der Waals surface area contributed by atoms with E-state index in [4.69, 9.17) is 4.74 Å². The molecule has 128 valence electrons. The Labute approximate surface area is 146 Å². The number of tetrazole rings is 1. The highest BCUT2D eigenvalue weighted by Gasteiger charge is 2.19. The van der Waals surface area contributed by atoms with Crippen molar-refractivity contribution in [1.82, 2.24) is 20.2 Å². The van der Waals surface area contributed by atoms with Crippen LogP contribution in [0.4, 0.5) is 0 Å². The fraction of sp³-hybridized carbons (Fsp3) is 0.529. The largest absolute Gasteiger partial charge is 0.376 e. The lowest BCUT2D eigenvalue weighted by Gasteiger charge is -2.09. The van der Waals surface area contributed by atoms with E-state index in [1.807, 2.05) is 24.3 Å². The summed E-state index contributed by atoms with van der Waals surface area (Å²) in [6.45, 7) is 3.60. The fourth-order valence-corrected chi connectivity index (χ4v) is 3.54. The number of benzene rings is 1. The van der Waals surface area contributed by atoms with Gasteiger partial charge >= 0.3 is 0 Å². The highest BCUT2D eigenvalue weighted by atomic mass is 32.2. The summed E-state index contributed by atoms with van der Waals surface area (Å²) in [7, 11) is 0. The molecule has 2 heterocycles. The number of aromatic nitrogens is 4. The van der Waals surface area contributed by atoms with E-state index in [1.54, 1.807) is 4.68 Å². The topological polar surface area (TPSA) is 69.9 Å². The second-order valence-electron chi connectivity index (χ2n) is 5.94. The number of aryl methyl sites for hydroxylation is 1. The third kappa shape index (κ3) is 4.42. The van der Waals surface area contributed by atoms with Gasteiger partial charge in [-0.2, -0.15) is 0 Å². The molecule has 0 bridgehead atoms. The summed E-state index contributed by atoms with van der Waals surface area (Å²) in [5.41, 5.74) is 2.00. The van der Waals surface area contributed by atoms with E-state index in [-0.39, 0.29) is 11.9 Å². The third-order valence-corrected chi connectivity index (χ3v) is 5.00. The average molecular weight is 346 g/mol. The molecule has 1 aliphatic heterocycles. The molecule has 0 radical (unpaired) electrons. The summed E-state index contributed by atoms with van der Waals surface area (Å²) in [6.07, 6.45) is 4.45. The predicted octanol–water partition coefficient (Wildman–Crippen LogP) is 2.78. The van der Waals surface area contributed by atoms with Gasteiger partial charge in [-0.05, 0) is 35.3 Å². The summed E-state index contributed by atoms with van der Waals surface area (Å²) in [5.74, 6) is 0.425. The molecular weight excluding hydrogens is 324 g/mol. The van der Waals surface area contributed by atoms with Crippen LogP contribution in [0.15, 0.2) is 29.4 Å². The Morgan fingerprint density at radius 3 is 2.92 bits per heavy atom. The molecule has 1 fully saturated rings. The van der Waals surface area contributed by atoms with Crippen molar-refractivity contribution in [3.8, 4) is 0 Å². The maximum absolute atomic E-state index is 12.3. The van der Waals surface area contributed by atoms with E-state index >= 15 is 0 Å². The average Bonchev–Trinajstić information content (AvgIpc) is 3.26. The molecule has 24 heavy (non-hydrogen) atoms. The first-order valence-corrected chi connectivity index (χ1v) is 9.37. The van der Waals surface area contributed by atoms with Gasteiger partial charge in [-0.1, -0.05) is 49.4 Å². The van der Waals surface area contributed by atoms with Crippen molar-refractivity contribution < 1.29 is 9.53 Å². The number of thioether (sulfide) groups is 1. The zero-order chi connectivity index (χ0) is 16.8. The molecule has 2 aromatic rings. The lowest BCUT2D eigenvalue weighted by Crippen LogP contribution is -2.17. The van der Waals surface area contributed by atoms with Crippen LogP contribution < -0.4 is 0 Å². The number of ether oxygens (including phenoxy) is 1. The third-order valence-electron chi connectivity index (χ3n) is 4.05. The van der Waals surface area contributed by atoms with Crippen LogP contribution in [-0.2, 0) is 17.7 Å². The van der Waals surface area contributed by atoms with Crippen LogP contribution in [0.2, 0.25) is 0 Å². The Bertz CT molecular complexity index is 665. The Balaban J connectivity index is 1.55. The Morgan fingerprint density at radius 2 is 2.21 bits per heavy atom. The van der Waals surface area contributed by atoms with Crippen molar-refractivity contribution >= 4 is 17.5 Å². The first-order chi connectivity index (χ1) is 11.8. The molecule has 0 aliphatic carbocycles. The molecule has 1 unspecified atom stereocenters. The molecule has 7 heteroatoms. The van der Waals surface area contributed by atoms with Gasteiger partial charge in [0.1, 0.15) is 0 Å². The number of hydrogen-bond donors (Lipinski definition) is 0. The van der Waals surface area contributed by atoms with Crippen molar-refractivity contribution in [1.29, 1.82) is 0 Å². The quantitative estimate of drug-likeness (QED) is 0.541. The molecule has 0 spiro atoms. The molecule has 1 aromatic carbocycles. The van der Waals surface area contributed by atoms with Gasteiger partial charge in [0.2, 0.25) is 5.16 Å². The summed E-state index contributed by atoms with van der Waals surface area (Å²) < 4.78 is 7.35. The Morgan fingerprint density at radius 1 is 1.38 bits per heavy atom. The maximum Gasteiger partial charge on any atom is 0.209 e. The molecule has 1 atom stereocenters. The van der Waals surface area contributed by atoms with Gasteiger partial charge in [-0.15, -0.1) is 5.10 Å². The molecule has 1 aliphatic rings. The lowest BCUT2D eigenvalue weighted by molar-refractivity contribution is 0.0912. The van der Waals surface area contributed by atoms with Crippen LogP contribution in [0.3, 0.4) is 0 Å². The summed E-state index contributed by atoms with van der Waals surface area (Å²) in [5, 5.41) is 12.4. The molecular formula is C17H22N4O2S. The van der Waals surface area contributed by atoms with Crippen LogP contribution in [0.1, 0.15) is 42.1 Å². The lowest BCUT2D eigenvalue weighted by atomic mass is 10.1. The van der Waals surface area contributed by atoms with E-state index in [9.17, 15) is 4.79 Å². The maximum atomic E-state index is 12.3. The van der Waals surface area contributed by atoms with Gasteiger partial charge in [0.15, 0.2) is 5.78 Å². The Kier molecular flexibility index (Phi) is 5.98. The van der Waals surface area contributed by atoms with Crippen LogP contribution in [0.25, 0.3) is 0 Å². The van der Waals surface area contributed by atoms with Gasteiger partial charge in [-0.25, -0.2) is 4.68 Å². The van der Waals surface area contributed by atoms with Crippen molar-refractivity contribution in [2.75, 3.05) is 12.4 Å². The van der Waals surface area contributed by atoms with Crippen molar-refractivity contribution in [3.05, 3.63) is 35.4 Å². The molecule has 0 saturated carbocycles. The van der Waals surface area contributed by atoms with Crippen LogP contribution in [-0.4, -0.2) is 44.5 Å². The summed E-state index contributed by atoms with van der Waals surface area (Å²) in [6, 6.07) is 7.87. The van der Waals surface area contributed by atoms with E-state index in [1.165, 1.54) is 17.3 Å². The number of carbonyl (C=O) groups is 1. The zero-order valence-electron chi connectivity index (χ0n) is 13.9. The number of Topliss-reactive ketones (excluding diaryl/α,β-unsaturated/α-hetero) is 1. The molecule has 1 saturated heterocycles. The van der Waals surface area contributed by atoms with Gasteiger partial charge in [0, 0.05) is 12.2 Å². The zero-order valence-corrected chi connectivity index (χ0v) is 14.7. The van der Waals surface area contributed by atoms with Gasteiger partial charge in [0.05, 0.1) is 18.4 Å². The van der Waals surface area contributed by atoms with Crippen LogP contribution >= 0.6 is 11.8 Å². The van der Waals surface area contributed by atoms with E-state index < -0.39 is 0 Å². The molecule has 6 nitrogen and oxygen atoms in total. The second kappa shape index (κ2) is 8.39. The smallest absolute Gasteiger partial charge is 0.209 e. The normalized spacial score (nSPS) is 17.3. The predicted molar refractivity (Wildman–Crippen MR) is 92.3 cm³/mol. The van der Waals surface area contributed by atoms with Crippen molar-refractivity contribution in [2.45, 2.75) is 50.4 Å². The van der Waals surface area contributed by atoms with Gasteiger partial charge in [-0.3, -0.25) is 4.79 Å². The van der Waals surface area contributed by atoms with Gasteiger partial charge < -0.3 is 4.74 Å². The fourth-order valence-electron chi connectivity index (χ4n) is 2.76. The first kappa shape index (κ1) is 17.1. The van der Waals surface area contributed by atoms with Crippen LogP contribution in [0.5, 0.6) is 0 Å². The Hall–Kier alpha value is -1.73. The SMILES string of the molecule is CCCc1ccc(C(=O)CSc2nnnn2CC2CCCO2)cc1. The van der Waals surface area contributed by atoms with E-state index in [2.05, 4.69) is 22.4 Å². The van der Waals surface area contributed by atoms with E-state index in [0.29, 0.717) is 17.5 Å². The number of nitrogens with zero attached hydrogens (tertiary/aromatic N) is 4. The monoisotopic (exact) mass is 346 g/mol. The number of hydrogen-bond acceptors (Lipinski definition) is 6. The minimum atomic E-state index is 0.0923. The van der Waals surface area contributed by atoms with Crippen LogP contribution in [0, 0.1) is 0 Å². The second-order valence-corrected chi connectivity index (χ2v) is 6.88. The summed E-state index contributed by atoms with van der Waals surface area (Å²) in [4.78, 5) is 12.3. The van der Waals surface area contributed by atoms with Crippen molar-refractivity contribution in [3.63, 3.8) is 0 Å².